The van der Waals surface area contributed by atoms with Gasteiger partial charge in [0.2, 0.25) is 0 Å². The number of aliphatic hydroxyl groups is 1. The molecule has 3 aliphatic heterocycles. The highest BCUT2D eigenvalue weighted by Gasteiger charge is 2.72. The van der Waals surface area contributed by atoms with Crippen molar-refractivity contribution < 1.29 is 54.0 Å². The highest BCUT2D eigenvalue weighted by Crippen LogP contribution is 2.54. The summed E-state index contributed by atoms with van der Waals surface area (Å²) in [7, 11) is -2.23. The van der Waals surface area contributed by atoms with Crippen molar-refractivity contribution in [3.05, 3.63) is 38.4 Å². The second-order valence-electron chi connectivity index (χ2n) is 11.4. The maximum atomic E-state index is 14.1. The van der Waals surface area contributed by atoms with Gasteiger partial charge in [-0.15, -0.1) is 11.3 Å². The van der Waals surface area contributed by atoms with Gasteiger partial charge in [-0.3, -0.25) is 13.8 Å². The van der Waals surface area contributed by atoms with Crippen LogP contribution in [0.3, 0.4) is 0 Å². The molecular weight excluding hydrogens is 693 g/mol. The van der Waals surface area contributed by atoms with E-state index >= 15 is 0 Å². The van der Waals surface area contributed by atoms with Gasteiger partial charge in [0.25, 0.3) is 23.3 Å². The lowest BCUT2D eigenvalue weighted by atomic mass is 9.83. The first kappa shape index (κ1) is 33.2. The summed E-state index contributed by atoms with van der Waals surface area (Å²) in [4.78, 5) is 32.6. The minimum absolute atomic E-state index is 0.195. The molecule has 2 amide bonds. The quantitative estimate of drug-likeness (QED) is 0.336. The zero-order valence-electron chi connectivity index (χ0n) is 22.3. The maximum Gasteiger partial charge on any atom is 0.430 e. The Balaban J connectivity index is 1.58. The number of thiazole rings is 1. The largest absolute Gasteiger partial charge is 0.430 e. The summed E-state index contributed by atoms with van der Waals surface area (Å²) < 4.78 is 122. The summed E-state index contributed by atoms with van der Waals surface area (Å²) in [5.41, 5.74) is -8.68. The van der Waals surface area contributed by atoms with Crippen molar-refractivity contribution >= 4 is 61.7 Å². The Labute approximate surface area is 258 Å². The molecule has 1 atom stereocenters. The lowest BCUT2D eigenvalue weighted by Gasteiger charge is -2.56. The summed E-state index contributed by atoms with van der Waals surface area (Å²) in [6.45, 7) is 0.717. The molecule has 1 N–H and O–H groups in total. The third kappa shape index (κ3) is 5.25. The SMILES string of the molecule is C=S1(=O)CC2(CN(C(=O)c3nc(C(=O)N4CC(F)(F)C[C@@H]4C)c(-c4ccc(C(O)(C(F)(F)F)C(F)(F)F)c(Cl)c4Cl)s3)C2)C1. The van der Waals surface area contributed by atoms with Crippen LogP contribution in [0.25, 0.3) is 10.4 Å². The first-order chi connectivity index (χ1) is 19.9. The molecule has 0 bridgehead atoms. The Morgan fingerprint density at radius 3 is 2.09 bits per heavy atom. The number of nitrogens with zero attached hydrogens (tertiary/aromatic N) is 3. The minimum atomic E-state index is -6.28. The van der Waals surface area contributed by atoms with E-state index in [4.69, 9.17) is 23.2 Å². The van der Waals surface area contributed by atoms with Gasteiger partial charge in [-0.25, -0.2) is 13.8 Å². The molecule has 4 heterocycles. The van der Waals surface area contributed by atoms with Crippen LogP contribution < -0.4 is 0 Å². The third-order valence-corrected chi connectivity index (χ3v) is 12.1. The van der Waals surface area contributed by atoms with Gasteiger partial charge in [0.1, 0.15) is 5.69 Å². The zero-order chi connectivity index (χ0) is 33.0. The Bertz CT molecular complexity index is 1640. The average molecular weight is 714 g/mol. The standard InChI is InChI=1S/C25H21Cl2F8N3O4S2/c1-11-5-22(28,29)8-38(11)19(39)16-17(43-18(36-16)20(40)37-6-21(7-37)9-44(2,42)10-21)12-3-4-13(15(27)14(12)26)23(41,24(30,31)32)25(33,34)35/h3-4,11,41H,2,5-10H2,1H3/t11-/m0/s1. The molecule has 1 aromatic heterocycles. The van der Waals surface area contributed by atoms with Crippen molar-refractivity contribution in [3.63, 3.8) is 0 Å². The predicted molar refractivity (Wildman–Crippen MR) is 147 cm³/mol. The van der Waals surface area contributed by atoms with Crippen LogP contribution in [0, 0.1) is 5.41 Å². The molecule has 3 aliphatic rings. The number of benzene rings is 1. The third-order valence-electron chi connectivity index (χ3n) is 7.82. The molecule has 7 nitrogen and oxygen atoms in total. The lowest BCUT2D eigenvalue weighted by molar-refractivity contribution is -0.376. The zero-order valence-corrected chi connectivity index (χ0v) is 25.4. The smallest absolute Gasteiger partial charge is 0.369 e. The fourth-order valence-corrected chi connectivity index (χ4v) is 10.1. The number of rotatable bonds is 4. The predicted octanol–water partition coefficient (Wildman–Crippen LogP) is 5.47. The van der Waals surface area contributed by atoms with Gasteiger partial charge in [-0.05, 0) is 22.3 Å². The Morgan fingerprint density at radius 2 is 1.61 bits per heavy atom. The van der Waals surface area contributed by atoms with Crippen LogP contribution in [0.5, 0.6) is 0 Å². The molecular formula is C25H21Cl2F8N3O4S2. The highest BCUT2D eigenvalue weighted by molar-refractivity contribution is 8.01. The summed E-state index contributed by atoms with van der Waals surface area (Å²) in [5.74, 6) is -0.815. The number of carbonyl (C=O) groups excluding carboxylic acids is 2. The van der Waals surface area contributed by atoms with Crippen molar-refractivity contribution in [3.8, 4) is 10.4 Å². The molecule has 3 saturated heterocycles. The van der Waals surface area contributed by atoms with Crippen LogP contribution in [0.1, 0.15) is 39.2 Å². The fourth-order valence-electron chi connectivity index (χ4n) is 5.93. The number of carbonyl (C=O) groups is 2. The molecule has 3 fully saturated rings. The second kappa shape index (κ2) is 10.1. The summed E-state index contributed by atoms with van der Waals surface area (Å²) in [6, 6.07) is -0.143. The van der Waals surface area contributed by atoms with E-state index in [1.165, 1.54) is 11.8 Å². The van der Waals surface area contributed by atoms with E-state index in [1.54, 1.807) is 0 Å². The molecule has 0 aliphatic carbocycles. The number of likely N-dealkylation sites (tertiary alicyclic amines) is 2. The number of halogens is 10. The highest BCUT2D eigenvalue weighted by atomic mass is 35.5. The van der Waals surface area contributed by atoms with E-state index in [2.05, 4.69) is 10.9 Å². The summed E-state index contributed by atoms with van der Waals surface area (Å²) in [6.07, 6.45) is -13.2. The normalized spacial score (nSPS) is 22.6. The van der Waals surface area contributed by atoms with Crippen LogP contribution >= 0.6 is 34.5 Å². The number of hydrogen-bond donors (Lipinski definition) is 1. The van der Waals surface area contributed by atoms with E-state index in [0.29, 0.717) is 28.9 Å². The Hall–Kier alpha value is -2.21. The molecule has 44 heavy (non-hydrogen) atoms. The van der Waals surface area contributed by atoms with Crippen LogP contribution in [0.4, 0.5) is 35.1 Å². The van der Waals surface area contributed by atoms with Crippen LogP contribution in [0.15, 0.2) is 12.1 Å². The van der Waals surface area contributed by atoms with Gasteiger partial charge in [0, 0.05) is 53.6 Å². The van der Waals surface area contributed by atoms with Crippen molar-refractivity contribution in [1.82, 2.24) is 14.8 Å². The molecule has 2 aromatic rings. The number of amides is 2. The summed E-state index contributed by atoms with van der Waals surface area (Å²) >= 11 is 12.5. The average Bonchev–Trinajstić information content (AvgIpc) is 3.39. The van der Waals surface area contributed by atoms with Gasteiger partial charge in [-0.1, -0.05) is 35.3 Å². The lowest BCUT2D eigenvalue weighted by Crippen LogP contribution is -2.69. The molecule has 242 valence electrons. The topological polar surface area (TPSA) is 90.8 Å². The van der Waals surface area contributed by atoms with Crippen molar-refractivity contribution in [2.45, 2.75) is 43.3 Å². The molecule has 0 radical (unpaired) electrons. The van der Waals surface area contributed by atoms with Gasteiger partial charge in [0.05, 0.1) is 21.5 Å². The van der Waals surface area contributed by atoms with E-state index in [1.807, 2.05) is 0 Å². The molecule has 0 saturated carbocycles. The van der Waals surface area contributed by atoms with Gasteiger partial charge in [-0.2, -0.15) is 26.3 Å². The van der Waals surface area contributed by atoms with Crippen LogP contribution in [0.2, 0.25) is 10.0 Å². The summed E-state index contributed by atoms with van der Waals surface area (Å²) in [5, 5.41) is 7.21. The van der Waals surface area contributed by atoms with E-state index < -0.39 is 91.1 Å². The van der Waals surface area contributed by atoms with Gasteiger partial charge < -0.3 is 14.9 Å². The van der Waals surface area contributed by atoms with E-state index in [-0.39, 0.29) is 34.5 Å². The maximum absolute atomic E-state index is 14.1. The molecule has 1 spiro atoms. The number of aromatic nitrogens is 1. The second-order valence-corrected chi connectivity index (χ2v) is 15.7. The van der Waals surface area contributed by atoms with Crippen molar-refractivity contribution in [1.29, 1.82) is 0 Å². The molecule has 1 aromatic carbocycles. The molecule has 0 unspecified atom stereocenters. The van der Waals surface area contributed by atoms with Gasteiger partial charge >= 0.3 is 12.4 Å². The first-order valence-electron chi connectivity index (χ1n) is 12.6. The first-order valence-corrected chi connectivity index (χ1v) is 16.2. The molecule has 5 rings (SSSR count). The van der Waals surface area contributed by atoms with Crippen LogP contribution in [-0.2, 0) is 15.1 Å². The van der Waals surface area contributed by atoms with E-state index in [0.717, 1.165) is 4.90 Å². The molecule has 19 heteroatoms. The fraction of sp³-hybridized carbons (Fsp3) is 0.520. The van der Waals surface area contributed by atoms with Crippen LogP contribution in [-0.4, -0.2) is 97.2 Å². The van der Waals surface area contributed by atoms with Gasteiger partial charge in [0.15, 0.2) is 5.01 Å². The van der Waals surface area contributed by atoms with Crippen molar-refractivity contribution in [2.24, 2.45) is 5.41 Å². The number of alkyl halides is 8. The Kier molecular flexibility index (Phi) is 7.65. The minimum Gasteiger partial charge on any atom is -0.369 e. The number of hydrogen-bond acceptors (Lipinski definition) is 6. The van der Waals surface area contributed by atoms with E-state index in [9.17, 15) is 54.0 Å². The van der Waals surface area contributed by atoms with Crippen molar-refractivity contribution in [2.75, 3.05) is 31.1 Å². The monoisotopic (exact) mass is 713 g/mol. The Morgan fingerprint density at radius 1 is 1.05 bits per heavy atom.